The van der Waals surface area contributed by atoms with Crippen molar-refractivity contribution in [2.75, 3.05) is 26.2 Å². The Balaban J connectivity index is 0.896. The Bertz CT molecular complexity index is 1940. The lowest BCUT2D eigenvalue weighted by atomic mass is 9.55. The van der Waals surface area contributed by atoms with Crippen molar-refractivity contribution in [3.63, 3.8) is 0 Å². The number of likely N-dealkylation sites (tertiary alicyclic amines) is 2. The molecule has 2 aliphatic heterocycles. The highest BCUT2D eigenvalue weighted by molar-refractivity contribution is 6.37. The lowest BCUT2D eigenvalue weighted by Gasteiger charge is -2.58. The zero-order chi connectivity index (χ0) is 38.9. The molecule has 8 rings (SSSR count). The molecule has 6 aliphatic rings. The average Bonchev–Trinajstić information content (AvgIpc) is 3.39. The van der Waals surface area contributed by atoms with E-state index in [-0.39, 0.29) is 33.1 Å². The lowest BCUT2D eigenvalue weighted by molar-refractivity contribution is -0.142. The van der Waals surface area contributed by atoms with Crippen LogP contribution in [0.5, 0.6) is 0 Å². The SMILES string of the molecule is CC(C)(C)OC(=O)N1CC2(CC(C(=O)C3C(=O)c4ccc(-c5ccc6c(c5)C(=O)C(C(=O)C5CC7(C5)CN(C(=O)OC(C)(C)C)C7)C6=O)cc4C3=O)C2)C1. The van der Waals surface area contributed by atoms with Gasteiger partial charge in [-0.05, 0) is 90.5 Å². The Morgan fingerprint density at radius 3 is 1.17 bits per heavy atom. The van der Waals surface area contributed by atoms with Crippen LogP contribution in [0.1, 0.15) is 109 Å². The van der Waals surface area contributed by atoms with Crippen molar-refractivity contribution in [1.82, 2.24) is 9.80 Å². The number of nitrogens with zero attached hydrogens (tertiary/aromatic N) is 2. The summed E-state index contributed by atoms with van der Waals surface area (Å²) in [6.07, 6.45) is 1.23. The second kappa shape index (κ2) is 11.7. The van der Waals surface area contributed by atoms with Crippen LogP contribution in [0.25, 0.3) is 11.1 Å². The third-order valence-electron chi connectivity index (χ3n) is 12.0. The maximum absolute atomic E-state index is 13.6. The van der Waals surface area contributed by atoms with Gasteiger partial charge < -0.3 is 19.3 Å². The molecule has 2 saturated heterocycles. The number of Topliss-reactive ketones (excluding diaryl/α,β-unsaturated/α-hetero) is 6. The molecule has 2 aromatic carbocycles. The average molecular weight is 737 g/mol. The molecule has 0 bridgehead atoms. The normalized spacial score (nSPS) is 25.0. The van der Waals surface area contributed by atoms with Gasteiger partial charge in [0.1, 0.15) is 23.0 Å². The summed E-state index contributed by atoms with van der Waals surface area (Å²) in [5.74, 6) is -6.64. The van der Waals surface area contributed by atoms with Crippen LogP contribution in [-0.2, 0) is 19.1 Å². The number of carbonyl (C=O) groups is 8. The van der Waals surface area contributed by atoms with E-state index in [9.17, 15) is 38.4 Å². The number of hydrogen-bond acceptors (Lipinski definition) is 10. The fourth-order valence-corrected chi connectivity index (χ4v) is 9.46. The first-order chi connectivity index (χ1) is 25.2. The molecule has 0 N–H and O–H groups in total. The lowest BCUT2D eigenvalue weighted by Crippen LogP contribution is -2.65. The van der Waals surface area contributed by atoms with Crippen molar-refractivity contribution in [2.45, 2.75) is 78.4 Å². The van der Waals surface area contributed by atoms with E-state index in [0.717, 1.165) is 0 Å². The van der Waals surface area contributed by atoms with E-state index < -0.39 is 81.8 Å². The van der Waals surface area contributed by atoms with Crippen molar-refractivity contribution in [3.8, 4) is 11.1 Å². The van der Waals surface area contributed by atoms with Crippen molar-refractivity contribution >= 4 is 46.9 Å². The first-order valence-corrected chi connectivity index (χ1v) is 18.7. The molecule has 2 aromatic rings. The first-order valence-electron chi connectivity index (χ1n) is 18.7. The number of benzene rings is 2. The van der Waals surface area contributed by atoms with Gasteiger partial charge in [0.15, 0.2) is 34.7 Å². The number of rotatable bonds is 5. The molecular weight excluding hydrogens is 692 g/mol. The zero-order valence-corrected chi connectivity index (χ0v) is 31.4. The zero-order valence-electron chi connectivity index (χ0n) is 31.4. The predicted molar refractivity (Wildman–Crippen MR) is 192 cm³/mol. The summed E-state index contributed by atoms with van der Waals surface area (Å²) in [6, 6.07) is 9.44. The molecule has 4 aliphatic carbocycles. The minimum atomic E-state index is -1.41. The van der Waals surface area contributed by atoms with Gasteiger partial charge in [0.05, 0.1) is 0 Å². The van der Waals surface area contributed by atoms with Crippen LogP contribution in [0.4, 0.5) is 9.59 Å². The number of fused-ring (bicyclic) bond motifs is 2. The van der Waals surface area contributed by atoms with Crippen molar-refractivity contribution < 1.29 is 47.8 Å². The highest BCUT2D eigenvalue weighted by atomic mass is 16.6. The van der Waals surface area contributed by atoms with E-state index in [1.54, 1.807) is 75.6 Å². The summed E-state index contributed by atoms with van der Waals surface area (Å²) >= 11 is 0. The van der Waals surface area contributed by atoms with E-state index in [1.165, 1.54) is 12.1 Å². The predicted octanol–water partition coefficient (Wildman–Crippen LogP) is 5.78. The van der Waals surface area contributed by atoms with E-state index in [4.69, 9.17) is 9.47 Å². The molecule has 2 heterocycles. The Morgan fingerprint density at radius 2 is 0.852 bits per heavy atom. The second-order valence-corrected chi connectivity index (χ2v) is 18.5. The standard InChI is InChI=1S/C42H44N2O10/c1-39(2,3)53-37(51)43-17-41(18-43)13-23(14-41)31(45)29-33(47)25-9-7-21(11-27(25)35(29)49)22-8-10-26-28(12-22)36(50)30(34(26)48)32(46)24-15-42(16-24)19-44(20-42)38(52)54-40(4,5)6/h7-12,23-24,29-30H,13-20H2,1-6H3. The molecule has 12 nitrogen and oxygen atoms in total. The second-order valence-electron chi connectivity index (χ2n) is 18.5. The quantitative estimate of drug-likeness (QED) is 0.345. The van der Waals surface area contributed by atoms with Crippen LogP contribution in [0.15, 0.2) is 36.4 Å². The number of hydrogen-bond donors (Lipinski definition) is 0. The van der Waals surface area contributed by atoms with Gasteiger partial charge in [-0.1, -0.05) is 24.3 Å². The topological polar surface area (TPSA) is 162 Å². The van der Waals surface area contributed by atoms with E-state index in [2.05, 4.69) is 0 Å². The van der Waals surface area contributed by atoms with E-state index in [0.29, 0.717) is 63.0 Å². The van der Waals surface area contributed by atoms with Crippen LogP contribution in [0.3, 0.4) is 0 Å². The van der Waals surface area contributed by atoms with Gasteiger partial charge in [-0.25, -0.2) is 9.59 Å². The number of ether oxygens (including phenoxy) is 2. The minimum Gasteiger partial charge on any atom is -0.444 e. The molecule has 2 unspecified atom stereocenters. The van der Waals surface area contributed by atoms with Gasteiger partial charge in [-0.15, -0.1) is 0 Å². The van der Waals surface area contributed by atoms with Gasteiger partial charge in [-0.3, -0.25) is 28.8 Å². The summed E-state index contributed by atoms with van der Waals surface area (Å²) in [6.45, 7) is 12.7. The van der Waals surface area contributed by atoms with Gasteiger partial charge in [-0.2, -0.15) is 0 Å². The fraction of sp³-hybridized carbons (Fsp3) is 0.524. The summed E-state index contributed by atoms with van der Waals surface area (Å²) in [5, 5.41) is 0. The van der Waals surface area contributed by atoms with Gasteiger partial charge >= 0.3 is 12.2 Å². The molecule has 4 fully saturated rings. The maximum atomic E-state index is 13.6. The Kier molecular flexibility index (Phi) is 7.83. The molecule has 2 spiro atoms. The van der Waals surface area contributed by atoms with E-state index >= 15 is 0 Å². The number of ketones is 6. The highest BCUT2D eigenvalue weighted by Gasteiger charge is 2.60. The summed E-state index contributed by atoms with van der Waals surface area (Å²) in [4.78, 5) is 109. The smallest absolute Gasteiger partial charge is 0.410 e. The summed E-state index contributed by atoms with van der Waals surface area (Å²) < 4.78 is 10.9. The minimum absolute atomic E-state index is 0.140. The van der Waals surface area contributed by atoms with Crippen LogP contribution in [-0.4, -0.2) is 94.1 Å². The molecule has 0 radical (unpaired) electrons. The molecule has 54 heavy (non-hydrogen) atoms. The van der Waals surface area contributed by atoms with Crippen LogP contribution >= 0.6 is 0 Å². The van der Waals surface area contributed by atoms with Crippen molar-refractivity contribution in [1.29, 1.82) is 0 Å². The van der Waals surface area contributed by atoms with Crippen molar-refractivity contribution in [3.05, 3.63) is 58.7 Å². The first kappa shape index (κ1) is 36.0. The van der Waals surface area contributed by atoms with Crippen LogP contribution in [0, 0.1) is 34.5 Å². The van der Waals surface area contributed by atoms with Gasteiger partial charge in [0.25, 0.3) is 0 Å². The fourth-order valence-electron chi connectivity index (χ4n) is 9.46. The van der Waals surface area contributed by atoms with E-state index in [1.807, 2.05) is 0 Å². The molecule has 2 saturated carbocycles. The van der Waals surface area contributed by atoms with Crippen LogP contribution < -0.4 is 0 Å². The molecule has 282 valence electrons. The van der Waals surface area contributed by atoms with Crippen molar-refractivity contribution in [2.24, 2.45) is 34.5 Å². The third kappa shape index (κ3) is 5.80. The molecule has 0 aromatic heterocycles. The van der Waals surface area contributed by atoms with Gasteiger partial charge in [0.2, 0.25) is 0 Å². The Hall–Kier alpha value is -5.00. The summed E-state index contributed by atoms with van der Waals surface area (Å²) in [5.41, 5.74) is 0.0793. The van der Waals surface area contributed by atoms with Crippen LogP contribution in [0.2, 0.25) is 0 Å². The summed E-state index contributed by atoms with van der Waals surface area (Å²) in [7, 11) is 0. The molecule has 2 amide bonds. The molecule has 12 heteroatoms. The number of carbonyl (C=O) groups excluding carboxylic acids is 8. The number of amides is 2. The Labute approximate surface area is 312 Å². The largest absolute Gasteiger partial charge is 0.444 e. The monoisotopic (exact) mass is 736 g/mol. The molecular formula is C42H44N2O10. The Morgan fingerprint density at radius 1 is 0.537 bits per heavy atom. The maximum Gasteiger partial charge on any atom is 0.410 e. The third-order valence-corrected chi connectivity index (χ3v) is 12.0. The van der Waals surface area contributed by atoms with Gasteiger partial charge in [0, 0.05) is 71.1 Å². The highest BCUT2D eigenvalue weighted by Crippen LogP contribution is 2.55. The molecule has 2 atom stereocenters.